The first-order chi connectivity index (χ1) is 14.3. The molecule has 30 heavy (non-hydrogen) atoms. The average molecular weight is 514 g/mol. The maximum Gasteiger partial charge on any atom is 0.243 e. The number of carbonyl (C=O) groups excluding carboxylic acids is 1. The van der Waals surface area contributed by atoms with Gasteiger partial charge in [0.1, 0.15) is 0 Å². The molecular formula is C22H26BrClN2O3S. The summed E-state index contributed by atoms with van der Waals surface area (Å²) in [5, 5.41) is 3.58. The molecule has 3 rings (SSSR count). The lowest BCUT2D eigenvalue weighted by Crippen LogP contribution is -2.43. The first-order valence-electron chi connectivity index (χ1n) is 10.1. The van der Waals surface area contributed by atoms with Crippen molar-refractivity contribution in [2.75, 3.05) is 18.4 Å². The van der Waals surface area contributed by atoms with E-state index in [4.69, 9.17) is 11.6 Å². The fourth-order valence-electron chi connectivity index (χ4n) is 3.80. The molecule has 1 aliphatic rings. The normalized spacial score (nSPS) is 17.7. The number of halogens is 2. The van der Waals surface area contributed by atoms with Gasteiger partial charge in [0.25, 0.3) is 0 Å². The Morgan fingerprint density at radius 3 is 2.33 bits per heavy atom. The number of nitrogens with zero attached hydrogens (tertiary/aromatic N) is 1. The number of nitrogens with one attached hydrogen (secondary N) is 1. The SMILES string of the molecule is CCc1cc(Br)cc(CC)c1NC(=O)[C@@H]1CCCN(S(=O)(=O)c2ccc(Cl)cc2)C1. The number of amides is 1. The highest BCUT2D eigenvalue weighted by molar-refractivity contribution is 9.10. The van der Waals surface area contributed by atoms with Crippen LogP contribution in [-0.4, -0.2) is 31.7 Å². The lowest BCUT2D eigenvalue weighted by Gasteiger charge is -2.31. The van der Waals surface area contributed by atoms with Gasteiger partial charge in [-0.2, -0.15) is 4.31 Å². The number of carbonyl (C=O) groups is 1. The standard InChI is InChI=1S/C22H26BrClN2O3S/c1-3-15-12-18(23)13-16(4-2)21(15)25-22(27)17-6-5-11-26(14-17)30(28,29)20-9-7-19(24)8-10-20/h7-10,12-13,17H,3-6,11,14H2,1-2H3,(H,25,27)/t17-/m1/s1. The second kappa shape index (κ2) is 9.81. The molecule has 0 unspecified atom stereocenters. The number of rotatable bonds is 6. The molecule has 1 heterocycles. The Labute approximate surface area is 192 Å². The molecule has 1 atom stereocenters. The first-order valence-corrected chi connectivity index (χ1v) is 12.7. The van der Waals surface area contributed by atoms with E-state index in [0.717, 1.165) is 34.1 Å². The molecule has 0 radical (unpaired) electrons. The summed E-state index contributed by atoms with van der Waals surface area (Å²) in [4.78, 5) is 13.3. The van der Waals surface area contributed by atoms with Crippen LogP contribution < -0.4 is 5.32 Å². The van der Waals surface area contributed by atoms with Gasteiger partial charge in [0, 0.05) is 28.3 Å². The van der Waals surface area contributed by atoms with E-state index in [1.165, 1.54) is 16.4 Å². The second-order valence-electron chi connectivity index (χ2n) is 7.45. The van der Waals surface area contributed by atoms with Crippen LogP contribution in [0.4, 0.5) is 5.69 Å². The van der Waals surface area contributed by atoms with Crippen molar-refractivity contribution >= 4 is 49.1 Å². The predicted octanol–water partition coefficient (Wildman–Crippen LogP) is 5.27. The van der Waals surface area contributed by atoms with E-state index < -0.39 is 10.0 Å². The molecule has 0 bridgehead atoms. The molecule has 1 fully saturated rings. The Balaban J connectivity index is 1.79. The van der Waals surface area contributed by atoms with Gasteiger partial charge >= 0.3 is 0 Å². The van der Waals surface area contributed by atoms with Crippen molar-refractivity contribution in [3.8, 4) is 0 Å². The van der Waals surface area contributed by atoms with Crippen molar-refractivity contribution in [1.29, 1.82) is 0 Å². The van der Waals surface area contributed by atoms with Crippen LogP contribution in [0.2, 0.25) is 5.02 Å². The Morgan fingerprint density at radius 2 is 1.77 bits per heavy atom. The highest BCUT2D eigenvalue weighted by atomic mass is 79.9. The predicted molar refractivity (Wildman–Crippen MR) is 124 cm³/mol. The Hall–Kier alpha value is -1.41. The highest BCUT2D eigenvalue weighted by Gasteiger charge is 2.33. The van der Waals surface area contributed by atoms with Crippen LogP contribution in [0.1, 0.15) is 37.8 Å². The van der Waals surface area contributed by atoms with Gasteiger partial charge in [-0.3, -0.25) is 4.79 Å². The van der Waals surface area contributed by atoms with Crippen LogP contribution in [0.25, 0.3) is 0 Å². The minimum absolute atomic E-state index is 0.127. The summed E-state index contributed by atoms with van der Waals surface area (Å²) in [6.45, 7) is 4.69. The highest BCUT2D eigenvalue weighted by Crippen LogP contribution is 2.30. The molecule has 0 aromatic heterocycles. The summed E-state index contributed by atoms with van der Waals surface area (Å²) >= 11 is 9.42. The van der Waals surface area contributed by atoms with Crippen LogP contribution in [0, 0.1) is 5.92 Å². The largest absolute Gasteiger partial charge is 0.325 e. The lowest BCUT2D eigenvalue weighted by atomic mass is 9.97. The number of anilines is 1. The van der Waals surface area contributed by atoms with Gasteiger partial charge in [-0.15, -0.1) is 0 Å². The maximum atomic E-state index is 13.1. The molecular weight excluding hydrogens is 488 g/mol. The number of benzene rings is 2. The molecule has 162 valence electrons. The van der Waals surface area contributed by atoms with E-state index in [1.807, 2.05) is 12.1 Å². The minimum atomic E-state index is -3.66. The van der Waals surface area contributed by atoms with Gasteiger partial charge in [0.05, 0.1) is 10.8 Å². The molecule has 8 heteroatoms. The molecule has 1 N–H and O–H groups in total. The van der Waals surface area contributed by atoms with Crippen molar-refractivity contribution in [1.82, 2.24) is 4.31 Å². The van der Waals surface area contributed by atoms with Crippen molar-refractivity contribution in [2.24, 2.45) is 5.92 Å². The van der Waals surface area contributed by atoms with Crippen LogP contribution in [0.3, 0.4) is 0 Å². The molecule has 0 saturated carbocycles. The molecule has 0 spiro atoms. The number of sulfonamides is 1. The van der Waals surface area contributed by atoms with E-state index in [0.29, 0.717) is 24.4 Å². The van der Waals surface area contributed by atoms with Crippen LogP contribution in [0.5, 0.6) is 0 Å². The van der Waals surface area contributed by atoms with E-state index in [-0.39, 0.29) is 23.3 Å². The molecule has 0 aliphatic carbocycles. The summed E-state index contributed by atoms with van der Waals surface area (Å²) in [5.74, 6) is -0.517. The van der Waals surface area contributed by atoms with Gasteiger partial charge in [0.2, 0.25) is 15.9 Å². The zero-order valence-corrected chi connectivity index (χ0v) is 20.3. The third-order valence-electron chi connectivity index (χ3n) is 5.48. The zero-order chi connectivity index (χ0) is 21.9. The number of aryl methyl sites for hydroxylation is 2. The average Bonchev–Trinajstić information content (AvgIpc) is 2.74. The molecule has 1 amide bonds. The van der Waals surface area contributed by atoms with Crippen molar-refractivity contribution in [3.05, 3.63) is 57.0 Å². The lowest BCUT2D eigenvalue weighted by molar-refractivity contribution is -0.120. The number of hydrogen-bond acceptors (Lipinski definition) is 3. The van der Waals surface area contributed by atoms with E-state index in [9.17, 15) is 13.2 Å². The van der Waals surface area contributed by atoms with Crippen molar-refractivity contribution < 1.29 is 13.2 Å². The van der Waals surface area contributed by atoms with Crippen molar-refractivity contribution in [2.45, 2.75) is 44.4 Å². The van der Waals surface area contributed by atoms with E-state index in [1.54, 1.807) is 12.1 Å². The van der Waals surface area contributed by atoms with Gasteiger partial charge in [0.15, 0.2) is 0 Å². The minimum Gasteiger partial charge on any atom is -0.325 e. The van der Waals surface area contributed by atoms with Crippen molar-refractivity contribution in [3.63, 3.8) is 0 Å². The Bertz CT molecular complexity index is 1000. The summed E-state index contributed by atoms with van der Waals surface area (Å²) in [6, 6.07) is 10.2. The summed E-state index contributed by atoms with van der Waals surface area (Å²) in [5.41, 5.74) is 2.98. The Morgan fingerprint density at radius 1 is 1.17 bits per heavy atom. The van der Waals surface area contributed by atoms with E-state index in [2.05, 4.69) is 35.1 Å². The zero-order valence-electron chi connectivity index (χ0n) is 17.1. The van der Waals surface area contributed by atoms with Crippen LogP contribution in [-0.2, 0) is 27.7 Å². The fourth-order valence-corrected chi connectivity index (χ4v) is 6.00. The van der Waals surface area contributed by atoms with Crippen LogP contribution >= 0.6 is 27.5 Å². The molecule has 2 aromatic rings. The summed E-state index contributed by atoms with van der Waals surface area (Å²) in [6.07, 6.45) is 2.90. The monoisotopic (exact) mass is 512 g/mol. The van der Waals surface area contributed by atoms with Gasteiger partial charge in [-0.25, -0.2) is 8.42 Å². The number of piperidine rings is 1. The summed E-state index contributed by atoms with van der Waals surface area (Å²) < 4.78 is 28.4. The molecule has 1 saturated heterocycles. The maximum absolute atomic E-state index is 13.1. The van der Waals surface area contributed by atoms with Gasteiger partial charge < -0.3 is 5.32 Å². The third kappa shape index (κ3) is 5.07. The summed E-state index contributed by atoms with van der Waals surface area (Å²) in [7, 11) is -3.66. The quantitative estimate of drug-likeness (QED) is 0.572. The smallest absolute Gasteiger partial charge is 0.243 e. The molecule has 2 aromatic carbocycles. The third-order valence-corrected chi connectivity index (χ3v) is 8.07. The molecule has 5 nitrogen and oxygen atoms in total. The fraction of sp³-hybridized carbons (Fsp3) is 0.409. The second-order valence-corrected chi connectivity index (χ2v) is 10.7. The Kier molecular flexibility index (Phi) is 7.61. The first kappa shape index (κ1) is 23.3. The van der Waals surface area contributed by atoms with Gasteiger partial charge in [-0.05, 0) is 73.2 Å². The van der Waals surface area contributed by atoms with Crippen LogP contribution in [0.15, 0.2) is 45.8 Å². The molecule has 1 aliphatic heterocycles. The van der Waals surface area contributed by atoms with E-state index >= 15 is 0 Å². The number of hydrogen-bond donors (Lipinski definition) is 1. The van der Waals surface area contributed by atoms with Gasteiger partial charge in [-0.1, -0.05) is 41.4 Å². The topological polar surface area (TPSA) is 66.5 Å².